The third-order valence-corrected chi connectivity index (χ3v) is 10.2. The van der Waals surface area contributed by atoms with Gasteiger partial charge < -0.3 is 19.3 Å². The summed E-state index contributed by atoms with van der Waals surface area (Å²) in [5, 5.41) is 0. The Bertz CT molecular complexity index is 1110. The molecule has 3 saturated heterocycles. The van der Waals surface area contributed by atoms with E-state index < -0.39 is 0 Å². The number of anilines is 1. The Morgan fingerprint density at radius 1 is 0.857 bits per heavy atom. The molecular formula is C34H49N5O3. The molecule has 4 fully saturated rings. The first-order chi connectivity index (χ1) is 20.7. The third kappa shape index (κ3) is 7.25. The normalized spacial score (nSPS) is 25.0. The quantitative estimate of drug-likeness (QED) is 0.442. The second kappa shape index (κ2) is 14.2. The van der Waals surface area contributed by atoms with Crippen LogP contribution in [0.15, 0.2) is 36.7 Å². The van der Waals surface area contributed by atoms with Crippen LogP contribution in [-0.4, -0.2) is 90.8 Å². The minimum atomic E-state index is 0.206. The number of nitrogens with zero attached hydrogens (tertiary/aromatic N) is 5. The van der Waals surface area contributed by atoms with Gasteiger partial charge in [0.15, 0.2) is 0 Å². The van der Waals surface area contributed by atoms with E-state index in [2.05, 4.69) is 55.9 Å². The Morgan fingerprint density at radius 2 is 1.52 bits per heavy atom. The minimum Gasteiger partial charge on any atom is -0.493 e. The van der Waals surface area contributed by atoms with Crippen molar-refractivity contribution >= 4 is 11.9 Å². The molecular weight excluding hydrogens is 526 g/mol. The summed E-state index contributed by atoms with van der Waals surface area (Å²) in [6, 6.07) is 9.40. The number of carbonyl (C=O) groups is 1. The zero-order chi connectivity index (χ0) is 28.7. The summed E-state index contributed by atoms with van der Waals surface area (Å²) >= 11 is 0. The lowest BCUT2D eigenvalue weighted by atomic mass is 9.78. The maximum Gasteiger partial charge on any atom is 0.225 e. The molecule has 4 aliphatic rings. The predicted octanol–water partition coefficient (Wildman–Crippen LogP) is 4.93. The van der Waals surface area contributed by atoms with Crippen molar-refractivity contribution in [1.82, 2.24) is 19.8 Å². The topological polar surface area (TPSA) is 71.0 Å². The van der Waals surface area contributed by atoms with E-state index in [0.29, 0.717) is 23.8 Å². The van der Waals surface area contributed by atoms with Crippen LogP contribution in [0.5, 0.6) is 5.75 Å². The summed E-state index contributed by atoms with van der Waals surface area (Å²) in [6.45, 7) is 10.5. The van der Waals surface area contributed by atoms with Gasteiger partial charge in [0, 0.05) is 63.6 Å². The average Bonchev–Trinajstić information content (AvgIpc) is 3.08. The van der Waals surface area contributed by atoms with Crippen LogP contribution in [0.4, 0.5) is 5.95 Å². The molecule has 1 saturated carbocycles. The summed E-state index contributed by atoms with van der Waals surface area (Å²) in [4.78, 5) is 29.4. The lowest BCUT2D eigenvalue weighted by Gasteiger charge is -2.41. The van der Waals surface area contributed by atoms with E-state index in [9.17, 15) is 4.79 Å². The van der Waals surface area contributed by atoms with Gasteiger partial charge >= 0.3 is 0 Å². The number of hydrogen-bond donors (Lipinski definition) is 0. The largest absolute Gasteiger partial charge is 0.493 e. The molecule has 1 aromatic heterocycles. The van der Waals surface area contributed by atoms with E-state index in [1.54, 1.807) is 0 Å². The van der Waals surface area contributed by atoms with Gasteiger partial charge in [-0.25, -0.2) is 9.97 Å². The molecule has 1 aromatic carbocycles. The molecule has 0 bridgehead atoms. The number of likely N-dealkylation sites (tertiary alicyclic amines) is 1. The van der Waals surface area contributed by atoms with Crippen molar-refractivity contribution in [3.05, 3.63) is 47.8 Å². The van der Waals surface area contributed by atoms with E-state index in [4.69, 9.17) is 9.47 Å². The van der Waals surface area contributed by atoms with Crippen molar-refractivity contribution in [3.63, 3.8) is 0 Å². The fraction of sp³-hybridized carbons (Fsp3) is 0.676. The Hall–Kier alpha value is -2.71. The number of benzene rings is 1. The zero-order valence-corrected chi connectivity index (χ0v) is 25.5. The highest BCUT2D eigenvalue weighted by molar-refractivity contribution is 5.79. The maximum atomic E-state index is 13.3. The Balaban J connectivity index is 0.895. The number of aryl methyl sites for hydroxylation is 1. The van der Waals surface area contributed by atoms with Gasteiger partial charge in [-0.2, -0.15) is 0 Å². The lowest BCUT2D eigenvalue weighted by molar-refractivity contribution is -0.138. The number of morpholine rings is 1. The molecule has 0 radical (unpaired) electrons. The molecule has 1 amide bonds. The van der Waals surface area contributed by atoms with Crippen LogP contribution in [0.3, 0.4) is 0 Å². The highest BCUT2D eigenvalue weighted by atomic mass is 16.5. The van der Waals surface area contributed by atoms with E-state index in [1.165, 1.54) is 11.1 Å². The van der Waals surface area contributed by atoms with Crippen LogP contribution in [0.1, 0.15) is 75.3 Å². The van der Waals surface area contributed by atoms with E-state index in [0.717, 1.165) is 129 Å². The van der Waals surface area contributed by atoms with Crippen molar-refractivity contribution in [2.45, 2.75) is 76.7 Å². The van der Waals surface area contributed by atoms with E-state index in [1.807, 2.05) is 12.4 Å². The van der Waals surface area contributed by atoms with Crippen molar-refractivity contribution in [1.29, 1.82) is 0 Å². The lowest BCUT2D eigenvalue weighted by Crippen LogP contribution is -2.51. The van der Waals surface area contributed by atoms with Gasteiger partial charge in [-0.3, -0.25) is 9.69 Å². The molecule has 228 valence electrons. The predicted molar refractivity (Wildman–Crippen MR) is 165 cm³/mol. The van der Waals surface area contributed by atoms with Crippen LogP contribution in [-0.2, 0) is 16.0 Å². The average molecular weight is 576 g/mol. The standard InChI is InChI=1S/C34H49N5O3/c1-2-26-23-35-34(36-24-26)39-15-11-27(12-16-39)25-42-32-9-7-29(8-10-32)28-3-5-30(6-4-28)33(40)38-17-13-31(14-18-38)37-19-21-41-22-20-37/h7-10,23-24,27-28,30-31H,2-6,11-22,25H2,1H3. The van der Waals surface area contributed by atoms with Crippen molar-refractivity contribution in [2.75, 3.05) is 64.0 Å². The fourth-order valence-electron chi connectivity index (χ4n) is 7.37. The first-order valence-electron chi connectivity index (χ1n) is 16.6. The third-order valence-electron chi connectivity index (χ3n) is 10.2. The van der Waals surface area contributed by atoms with Gasteiger partial charge in [-0.1, -0.05) is 19.1 Å². The molecule has 6 rings (SSSR count). The smallest absolute Gasteiger partial charge is 0.225 e. The second-order valence-corrected chi connectivity index (χ2v) is 12.8. The van der Waals surface area contributed by atoms with Crippen molar-refractivity contribution in [3.8, 4) is 5.75 Å². The van der Waals surface area contributed by atoms with Gasteiger partial charge in [0.25, 0.3) is 0 Å². The number of hydrogen-bond acceptors (Lipinski definition) is 7. The summed E-state index contributed by atoms with van der Waals surface area (Å²) in [5.41, 5.74) is 2.57. The molecule has 0 atom stereocenters. The van der Waals surface area contributed by atoms with Crippen molar-refractivity contribution in [2.24, 2.45) is 11.8 Å². The van der Waals surface area contributed by atoms with Crippen LogP contribution >= 0.6 is 0 Å². The van der Waals surface area contributed by atoms with Crippen LogP contribution in [0.2, 0.25) is 0 Å². The number of amides is 1. The Labute approximate surface area is 251 Å². The van der Waals surface area contributed by atoms with E-state index >= 15 is 0 Å². The molecule has 0 spiro atoms. The minimum absolute atomic E-state index is 0.206. The highest BCUT2D eigenvalue weighted by Gasteiger charge is 2.33. The molecule has 0 N–H and O–H groups in total. The first-order valence-corrected chi connectivity index (χ1v) is 16.6. The number of piperidine rings is 2. The number of rotatable bonds is 8. The molecule has 2 aromatic rings. The van der Waals surface area contributed by atoms with Crippen LogP contribution in [0, 0.1) is 11.8 Å². The SMILES string of the molecule is CCc1cnc(N2CCC(COc3ccc(C4CCC(C(=O)N5CCC(N6CCOCC6)CC5)CC4)cc3)CC2)nc1. The summed E-state index contributed by atoms with van der Waals surface area (Å²) in [7, 11) is 0. The highest BCUT2D eigenvalue weighted by Crippen LogP contribution is 2.37. The molecule has 8 heteroatoms. The molecule has 0 unspecified atom stereocenters. The van der Waals surface area contributed by atoms with Crippen molar-refractivity contribution < 1.29 is 14.3 Å². The second-order valence-electron chi connectivity index (χ2n) is 12.8. The molecule has 8 nitrogen and oxygen atoms in total. The van der Waals surface area contributed by atoms with Gasteiger partial charge in [-0.05, 0) is 92.9 Å². The van der Waals surface area contributed by atoms with Gasteiger partial charge in [0.05, 0.1) is 19.8 Å². The van der Waals surface area contributed by atoms with Crippen LogP contribution in [0.25, 0.3) is 0 Å². The molecule has 4 heterocycles. The Kier molecular flexibility index (Phi) is 9.91. The number of ether oxygens (including phenoxy) is 2. The summed E-state index contributed by atoms with van der Waals surface area (Å²) in [5.74, 6) is 3.54. The van der Waals surface area contributed by atoms with Crippen LogP contribution < -0.4 is 9.64 Å². The van der Waals surface area contributed by atoms with Gasteiger partial charge in [0.2, 0.25) is 11.9 Å². The number of carbonyl (C=O) groups excluding carboxylic acids is 1. The summed E-state index contributed by atoms with van der Waals surface area (Å²) < 4.78 is 11.7. The molecule has 42 heavy (non-hydrogen) atoms. The van der Waals surface area contributed by atoms with E-state index in [-0.39, 0.29) is 5.92 Å². The maximum absolute atomic E-state index is 13.3. The Morgan fingerprint density at radius 3 is 2.17 bits per heavy atom. The fourth-order valence-corrected chi connectivity index (χ4v) is 7.37. The monoisotopic (exact) mass is 575 g/mol. The van der Waals surface area contributed by atoms with Gasteiger partial charge in [0.1, 0.15) is 5.75 Å². The molecule has 3 aliphatic heterocycles. The summed E-state index contributed by atoms with van der Waals surface area (Å²) in [6.07, 6.45) is 13.5. The first kappa shape index (κ1) is 29.4. The molecule has 1 aliphatic carbocycles. The van der Waals surface area contributed by atoms with Gasteiger partial charge in [-0.15, -0.1) is 0 Å². The number of aromatic nitrogens is 2. The zero-order valence-electron chi connectivity index (χ0n) is 25.5.